The third-order valence-corrected chi connectivity index (χ3v) is 6.37. The van der Waals surface area contributed by atoms with E-state index in [1.807, 2.05) is 0 Å². The van der Waals surface area contributed by atoms with E-state index in [9.17, 15) is 31.2 Å². The number of carbonyl (C=O) groups excluding carboxylic acids is 2. The first-order valence-corrected chi connectivity index (χ1v) is 11.2. The van der Waals surface area contributed by atoms with Crippen molar-refractivity contribution in [2.45, 2.75) is 31.8 Å². The van der Waals surface area contributed by atoms with Crippen LogP contribution in [-0.2, 0) is 25.7 Å². The van der Waals surface area contributed by atoms with Gasteiger partial charge in [-0.1, -0.05) is 39.0 Å². The number of esters is 1. The second kappa shape index (κ2) is 9.78. The van der Waals surface area contributed by atoms with Gasteiger partial charge in [0.1, 0.15) is 0 Å². The van der Waals surface area contributed by atoms with Crippen molar-refractivity contribution in [1.82, 2.24) is 0 Å². The van der Waals surface area contributed by atoms with Crippen LogP contribution in [0.2, 0.25) is 0 Å². The fraction of sp³-hybridized carbons (Fsp3) is 0.304. The molecule has 178 valence electrons. The van der Waals surface area contributed by atoms with Crippen LogP contribution in [0.4, 0.5) is 18.9 Å². The number of ether oxygens (including phenoxy) is 1. The topological polar surface area (TPSA) is 80.8 Å². The molecule has 0 aliphatic rings. The van der Waals surface area contributed by atoms with Crippen molar-refractivity contribution < 1.29 is 35.9 Å². The van der Waals surface area contributed by atoms with Crippen molar-refractivity contribution in [3.05, 3.63) is 72.3 Å². The summed E-state index contributed by atoms with van der Waals surface area (Å²) in [7, 11) is -4.37. The van der Waals surface area contributed by atoms with Crippen molar-refractivity contribution in [3.63, 3.8) is 0 Å². The molecule has 0 aromatic heterocycles. The monoisotopic (exact) mass is 483 g/mol. The lowest BCUT2D eigenvalue weighted by atomic mass is 9.91. The van der Waals surface area contributed by atoms with Crippen molar-refractivity contribution in [2.24, 2.45) is 5.41 Å². The van der Waals surface area contributed by atoms with Crippen LogP contribution in [0.15, 0.2) is 66.1 Å². The molecule has 0 radical (unpaired) electrons. The van der Waals surface area contributed by atoms with E-state index >= 15 is 0 Å². The van der Waals surface area contributed by atoms with Crippen LogP contribution in [0.1, 0.15) is 36.7 Å². The number of hydrogen-bond donors (Lipinski definition) is 0. The van der Waals surface area contributed by atoms with E-state index in [2.05, 4.69) is 6.58 Å². The summed E-state index contributed by atoms with van der Waals surface area (Å²) in [4.78, 5) is 24.0. The van der Waals surface area contributed by atoms with E-state index in [-0.39, 0.29) is 28.5 Å². The lowest BCUT2D eigenvalue weighted by Gasteiger charge is -2.24. The van der Waals surface area contributed by atoms with Gasteiger partial charge in [0.05, 0.1) is 28.3 Å². The lowest BCUT2D eigenvalue weighted by molar-refractivity contribution is -0.137. The van der Waals surface area contributed by atoms with Gasteiger partial charge in [0.15, 0.2) is 12.4 Å². The number of hydrogen-bond acceptors (Lipinski definition) is 5. The molecule has 0 fully saturated rings. The number of benzene rings is 2. The standard InChI is InChI=1S/C23H24F3NO5S/c1-5-12-27(18-10-7-9-17(14-18)23(24,25)26)33(30,31)19-11-6-8-16(13-19)21(29)32-15-20(28)22(2,3)4/h5-11,13-14H,1,12,15H2,2-4H3. The van der Waals surface area contributed by atoms with Gasteiger partial charge in [-0.2, -0.15) is 13.2 Å². The van der Waals surface area contributed by atoms with Crippen molar-refractivity contribution in [3.8, 4) is 0 Å². The van der Waals surface area contributed by atoms with Crippen LogP contribution < -0.4 is 4.31 Å². The zero-order chi connectivity index (χ0) is 25.0. The number of anilines is 1. The molecule has 33 heavy (non-hydrogen) atoms. The third-order valence-electron chi connectivity index (χ3n) is 4.58. The second-order valence-electron chi connectivity index (χ2n) is 8.15. The highest BCUT2D eigenvalue weighted by molar-refractivity contribution is 7.92. The molecule has 0 amide bonds. The summed E-state index contributed by atoms with van der Waals surface area (Å²) in [6, 6.07) is 8.74. The Balaban J connectivity index is 2.39. The first-order valence-electron chi connectivity index (χ1n) is 9.79. The smallest absolute Gasteiger partial charge is 0.416 e. The number of ketones is 1. The molecule has 0 atom stereocenters. The van der Waals surface area contributed by atoms with Gasteiger partial charge < -0.3 is 4.74 Å². The Labute approximate surface area is 190 Å². The Morgan fingerprint density at radius 1 is 1.06 bits per heavy atom. The van der Waals surface area contributed by atoms with Crippen LogP contribution in [-0.4, -0.2) is 33.3 Å². The second-order valence-corrected chi connectivity index (χ2v) is 10.0. The molecule has 0 bridgehead atoms. The van der Waals surface area contributed by atoms with Gasteiger partial charge in [-0.15, -0.1) is 6.58 Å². The summed E-state index contributed by atoms with van der Waals surface area (Å²) in [6.45, 7) is 7.68. The largest absolute Gasteiger partial charge is 0.454 e. The Morgan fingerprint density at radius 2 is 1.70 bits per heavy atom. The SMILES string of the molecule is C=CCN(c1cccc(C(F)(F)F)c1)S(=O)(=O)c1cccc(C(=O)OCC(=O)C(C)(C)C)c1. The molecule has 10 heteroatoms. The predicted molar refractivity (Wildman–Crippen MR) is 117 cm³/mol. The molecule has 0 aliphatic heterocycles. The van der Waals surface area contributed by atoms with E-state index < -0.39 is 39.8 Å². The van der Waals surface area contributed by atoms with E-state index in [4.69, 9.17) is 4.74 Å². The summed E-state index contributed by atoms with van der Waals surface area (Å²) >= 11 is 0. The molecule has 2 aromatic rings. The zero-order valence-electron chi connectivity index (χ0n) is 18.3. The molecule has 0 aliphatic carbocycles. The Kier molecular flexibility index (Phi) is 7.74. The maximum Gasteiger partial charge on any atom is 0.416 e. The maximum absolute atomic E-state index is 13.2. The molecule has 0 spiro atoms. The van der Waals surface area contributed by atoms with Crippen LogP contribution in [0.3, 0.4) is 0 Å². The van der Waals surface area contributed by atoms with Crippen LogP contribution in [0.5, 0.6) is 0 Å². The van der Waals surface area contributed by atoms with Crippen molar-refractivity contribution in [2.75, 3.05) is 17.5 Å². The van der Waals surface area contributed by atoms with Crippen molar-refractivity contribution in [1.29, 1.82) is 0 Å². The average Bonchev–Trinajstić information content (AvgIpc) is 2.74. The minimum atomic E-state index is -4.66. The highest BCUT2D eigenvalue weighted by atomic mass is 32.2. The molecule has 6 nitrogen and oxygen atoms in total. The highest BCUT2D eigenvalue weighted by Gasteiger charge is 2.32. The number of alkyl halides is 3. The van der Waals surface area contributed by atoms with Crippen LogP contribution in [0.25, 0.3) is 0 Å². The Bertz CT molecular complexity index is 1150. The molecule has 0 saturated carbocycles. The quantitative estimate of drug-likeness (QED) is 0.396. The van der Waals surface area contributed by atoms with Gasteiger partial charge in [-0.25, -0.2) is 13.2 Å². The first kappa shape index (κ1) is 26.1. The number of halogens is 3. The lowest BCUT2D eigenvalue weighted by Crippen LogP contribution is -2.31. The number of carbonyl (C=O) groups is 2. The Morgan fingerprint density at radius 3 is 2.27 bits per heavy atom. The molecule has 0 saturated heterocycles. The number of rotatable bonds is 8. The molecule has 2 aromatic carbocycles. The van der Waals surface area contributed by atoms with Crippen molar-refractivity contribution >= 4 is 27.5 Å². The van der Waals surface area contributed by atoms with E-state index in [1.165, 1.54) is 30.3 Å². The predicted octanol–water partition coefficient (Wildman–Crippen LogP) is 4.86. The molecule has 0 N–H and O–H groups in total. The van der Waals surface area contributed by atoms with Gasteiger partial charge in [-0.05, 0) is 36.4 Å². The number of Topliss-reactive ketones (excluding diaryl/α,β-unsaturated/α-hetero) is 1. The Hall–Kier alpha value is -3.14. The summed E-state index contributed by atoms with van der Waals surface area (Å²) in [5.74, 6) is -1.22. The van der Waals surface area contributed by atoms with E-state index in [0.717, 1.165) is 28.6 Å². The third kappa shape index (κ3) is 6.44. The van der Waals surface area contributed by atoms with Crippen LogP contribution >= 0.6 is 0 Å². The van der Waals surface area contributed by atoms with Gasteiger partial charge >= 0.3 is 12.1 Å². The minimum Gasteiger partial charge on any atom is -0.454 e. The highest BCUT2D eigenvalue weighted by Crippen LogP contribution is 2.33. The van der Waals surface area contributed by atoms with Gasteiger partial charge in [0.2, 0.25) is 0 Å². The minimum absolute atomic E-state index is 0.125. The van der Waals surface area contributed by atoms with Crippen LogP contribution in [0, 0.1) is 5.41 Å². The van der Waals surface area contributed by atoms with Gasteiger partial charge in [0.25, 0.3) is 10.0 Å². The summed E-state index contributed by atoms with van der Waals surface area (Å²) in [5.41, 5.74) is -2.07. The van der Waals surface area contributed by atoms with E-state index in [0.29, 0.717) is 0 Å². The van der Waals surface area contributed by atoms with Gasteiger partial charge in [0, 0.05) is 5.41 Å². The molecule has 2 rings (SSSR count). The maximum atomic E-state index is 13.2. The first-order chi connectivity index (χ1) is 15.2. The fourth-order valence-electron chi connectivity index (χ4n) is 2.64. The number of nitrogens with zero attached hydrogens (tertiary/aromatic N) is 1. The van der Waals surface area contributed by atoms with E-state index in [1.54, 1.807) is 20.8 Å². The summed E-state index contributed by atoms with van der Waals surface area (Å²) in [6.07, 6.45) is -3.43. The average molecular weight is 484 g/mol. The summed E-state index contributed by atoms with van der Waals surface area (Å²) < 4.78 is 71.6. The molecular formula is C23H24F3NO5S. The van der Waals surface area contributed by atoms with Gasteiger partial charge in [-0.3, -0.25) is 9.10 Å². The fourth-order valence-corrected chi connectivity index (χ4v) is 4.11. The normalized spacial score (nSPS) is 12.2. The molecule has 0 unspecified atom stereocenters. The summed E-state index contributed by atoms with van der Waals surface area (Å²) in [5, 5.41) is 0. The molecule has 0 heterocycles. The zero-order valence-corrected chi connectivity index (χ0v) is 19.2. The molecular weight excluding hydrogens is 459 g/mol. The number of sulfonamides is 1.